The van der Waals surface area contributed by atoms with Gasteiger partial charge in [0.25, 0.3) is 0 Å². The number of piperidine rings is 1. The number of carbonyl (C=O) groups is 1. The second-order valence-corrected chi connectivity index (χ2v) is 8.95. The van der Waals surface area contributed by atoms with Gasteiger partial charge in [0.05, 0.1) is 6.26 Å². The molecule has 0 radical (unpaired) electrons. The Hall–Kier alpha value is -0.710. The first-order chi connectivity index (χ1) is 9.05. The molecule has 0 bridgehead atoms. The Labute approximate surface area is 119 Å². The standard InChI is InChI=1S/C10H20N2O6S2/c1-8(10(13)14)20(17,18)12-6-4-3-5-9(12)7-11-19(2,15)16/h8-9,11H,3-7H2,1-2H3,(H,13,14). The van der Waals surface area contributed by atoms with E-state index in [-0.39, 0.29) is 13.1 Å². The second-order valence-electron chi connectivity index (χ2n) is 4.91. The zero-order chi connectivity index (χ0) is 15.6. The topological polar surface area (TPSA) is 121 Å². The molecule has 1 fully saturated rings. The van der Waals surface area contributed by atoms with Crippen molar-refractivity contribution >= 4 is 26.0 Å². The Morgan fingerprint density at radius 2 is 1.95 bits per heavy atom. The molecule has 20 heavy (non-hydrogen) atoms. The van der Waals surface area contributed by atoms with E-state index >= 15 is 0 Å². The molecule has 1 aliphatic heterocycles. The van der Waals surface area contributed by atoms with Gasteiger partial charge in [-0.2, -0.15) is 4.31 Å². The van der Waals surface area contributed by atoms with Crippen LogP contribution in [0.15, 0.2) is 0 Å². The van der Waals surface area contributed by atoms with E-state index in [2.05, 4.69) is 4.72 Å². The molecule has 8 nitrogen and oxygen atoms in total. The lowest BCUT2D eigenvalue weighted by Gasteiger charge is -2.35. The van der Waals surface area contributed by atoms with Crippen LogP contribution in [0.5, 0.6) is 0 Å². The van der Waals surface area contributed by atoms with Crippen molar-refractivity contribution in [3.05, 3.63) is 0 Å². The first-order valence-electron chi connectivity index (χ1n) is 6.24. The Balaban J connectivity index is 2.91. The summed E-state index contributed by atoms with van der Waals surface area (Å²) in [5, 5.41) is 7.34. The van der Waals surface area contributed by atoms with E-state index in [1.165, 1.54) is 0 Å². The van der Waals surface area contributed by atoms with Crippen molar-refractivity contribution in [2.24, 2.45) is 0 Å². The Morgan fingerprint density at radius 1 is 1.35 bits per heavy atom. The van der Waals surface area contributed by atoms with Gasteiger partial charge in [-0.05, 0) is 19.8 Å². The van der Waals surface area contributed by atoms with Crippen LogP contribution in [-0.4, -0.2) is 62.9 Å². The maximum absolute atomic E-state index is 12.2. The highest BCUT2D eigenvalue weighted by Crippen LogP contribution is 2.22. The zero-order valence-electron chi connectivity index (χ0n) is 11.4. The molecule has 2 N–H and O–H groups in total. The quantitative estimate of drug-likeness (QED) is 0.658. The van der Waals surface area contributed by atoms with Gasteiger partial charge in [-0.15, -0.1) is 0 Å². The number of rotatable bonds is 6. The van der Waals surface area contributed by atoms with E-state index in [9.17, 15) is 21.6 Å². The van der Waals surface area contributed by atoms with Crippen molar-refractivity contribution in [1.29, 1.82) is 0 Å². The summed E-state index contributed by atoms with van der Waals surface area (Å²) in [5.74, 6) is -1.41. The molecule has 1 saturated heterocycles. The number of carboxylic acids is 1. The van der Waals surface area contributed by atoms with Crippen molar-refractivity contribution in [3.63, 3.8) is 0 Å². The molecule has 1 rings (SSSR count). The van der Waals surface area contributed by atoms with Gasteiger partial charge in [0.1, 0.15) is 0 Å². The van der Waals surface area contributed by atoms with E-state index in [0.717, 1.165) is 23.9 Å². The third kappa shape index (κ3) is 4.40. The molecule has 2 unspecified atom stereocenters. The summed E-state index contributed by atoms with van der Waals surface area (Å²) in [6, 6.07) is -0.537. The highest BCUT2D eigenvalue weighted by atomic mass is 32.2. The van der Waals surface area contributed by atoms with Crippen molar-refractivity contribution in [3.8, 4) is 0 Å². The van der Waals surface area contributed by atoms with E-state index in [4.69, 9.17) is 5.11 Å². The van der Waals surface area contributed by atoms with Gasteiger partial charge in [0.15, 0.2) is 5.25 Å². The van der Waals surface area contributed by atoms with Gasteiger partial charge in [0, 0.05) is 19.1 Å². The first kappa shape index (κ1) is 17.3. The monoisotopic (exact) mass is 328 g/mol. The summed E-state index contributed by atoms with van der Waals surface area (Å²) in [4.78, 5) is 10.9. The van der Waals surface area contributed by atoms with E-state index < -0.39 is 37.3 Å². The van der Waals surface area contributed by atoms with Crippen LogP contribution in [0.2, 0.25) is 0 Å². The Bertz CT molecular complexity index is 556. The lowest BCUT2D eigenvalue weighted by Crippen LogP contribution is -2.52. The summed E-state index contributed by atoms with van der Waals surface area (Å²) in [5.41, 5.74) is 0. The van der Waals surface area contributed by atoms with Crippen LogP contribution in [0.1, 0.15) is 26.2 Å². The molecule has 0 aromatic carbocycles. The maximum Gasteiger partial charge on any atom is 0.323 e. The Morgan fingerprint density at radius 3 is 2.45 bits per heavy atom. The molecule has 0 spiro atoms. The predicted molar refractivity (Wildman–Crippen MR) is 73.2 cm³/mol. The summed E-state index contributed by atoms with van der Waals surface area (Å²) < 4.78 is 50.1. The lowest BCUT2D eigenvalue weighted by atomic mass is 10.1. The number of nitrogens with one attached hydrogen (secondary N) is 1. The van der Waals surface area contributed by atoms with Gasteiger partial charge >= 0.3 is 5.97 Å². The number of aliphatic carboxylic acids is 1. The molecular formula is C10H20N2O6S2. The van der Waals surface area contributed by atoms with Gasteiger partial charge in [0.2, 0.25) is 20.0 Å². The number of sulfonamides is 2. The molecule has 0 aliphatic carbocycles. The average molecular weight is 328 g/mol. The SMILES string of the molecule is CC(C(=O)O)S(=O)(=O)N1CCCCC1CNS(C)(=O)=O. The van der Waals surface area contributed by atoms with Crippen LogP contribution >= 0.6 is 0 Å². The van der Waals surface area contributed by atoms with E-state index in [0.29, 0.717) is 12.8 Å². The van der Waals surface area contributed by atoms with Gasteiger partial charge in [-0.1, -0.05) is 6.42 Å². The van der Waals surface area contributed by atoms with Crippen molar-refractivity contribution in [1.82, 2.24) is 9.03 Å². The smallest absolute Gasteiger partial charge is 0.323 e. The Kier molecular flexibility index (Phi) is 5.53. The van der Waals surface area contributed by atoms with Crippen LogP contribution in [0.3, 0.4) is 0 Å². The van der Waals surface area contributed by atoms with Crippen molar-refractivity contribution in [2.45, 2.75) is 37.5 Å². The van der Waals surface area contributed by atoms with Crippen LogP contribution in [0, 0.1) is 0 Å². The van der Waals surface area contributed by atoms with E-state index in [1.54, 1.807) is 0 Å². The zero-order valence-corrected chi connectivity index (χ0v) is 13.1. The highest BCUT2D eigenvalue weighted by molar-refractivity contribution is 7.90. The molecular weight excluding hydrogens is 308 g/mol. The largest absolute Gasteiger partial charge is 0.480 e. The first-order valence-corrected chi connectivity index (χ1v) is 9.63. The highest BCUT2D eigenvalue weighted by Gasteiger charge is 2.39. The minimum Gasteiger partial charge on any atom is -0.480 e. The minimum absolute atomic E-state index is 0.0373. The van der Waals surface area contributed by atoms with E-state index in [1.807, 2.05) is 0 Å². The normalized spacial score (nSPS) is 23.4. The van der Waals surface area contributed by atoms with Crippen molar-refractivity contribution < 1.29 is 26.7 Å². The van der Waals surface area contributed by atoms with Crippen LogP contribution in [-0.2, 0) is 24.8 Å². The molecule has 0 aromatic heterocycles. The molecule has 2 atom stereocenters. The summed E-state index contributed by atoms with van der Waals surface area (Å²) in [6.45, 7) is 1.30. The van der Waals surface area contributed by atoms with Gasteiger partial charge in [-0.25, -0.2) is 21.6 Å². The summed E-state index contributed by atoms with van der Waals surface area (Å²) in [6.07, 6.45) is 2.92. The second kappa shape index (κ2) is 6.37. The lowest BCUT2D eigenvalue weighted by molar-refractivity contribution is -0.136. The molecule has 10 heteroatoms. The number of carboxylic acid groups (broad SMARTS) is 1. The number of hydrogen-bond acceptors (Lipinski definition) is 5. The van der Waals surface area contributed by atoms with Crippen LogP contribution in [0.25, 0.3) is 0 Å². The molecule has 0 aromatic rings. The molecule has 118 valence electrons. The predicted octanol–water partition coefficient (Wildman–Crippen LogP) is -0.807. The fourth-order valence-electron chi connectivity index (χ4n) is 2.09. The fourth-order valence-corrected chi connectivity index (χ4v) is 4.23. The maximum atomic E-state index is 12.2. The summed E-state index contributed by atoms with van der Waals surface area (Å²) in [7, 11) is -7.40. The number of nitrogens with zero attached hydrogens (tertiary/aromatic N) is 1. The molecule has 1 aliphatic rings. The molecule has 0 saturated carbocycles. The van der Waals surface area contributed by atoms with Crippen molar-refractivity contribution in [2.75, 3.05) is 19.3 Å². The van der Waals surface area contributed by atoms with Crippen LogP contribution < -0.4 is 4.72 Å². The molecule has 0 amide bonds. The van der Waals surface area contributed by atoms with Gasteiger partial charge < -0.3 is 5.11 Å². The fraction of sp³-hybridized carbons (Fsp3) is 0.900. The summed E-state index contributed by atoms with van der Waals surface area (Å²) >= 11 is 0. The molecule has 1 heterocycles. The number of hydrogen-bond donors (Lipinski definition) is 2. The third-order valence-corrected chi connectivity index (χ3v) is 6.20. The van der Waals surface area contributed by atoms with Crippen LogP contribution in [0.4, 0.5) is 0 Å². The minimum atomic E-state index is -3.98. The van der Waals surface area contributed by atoms with Gasteiger partial charge in [-0.3, -0.25) is 4.79 Å². The average Bonchev–Trinajstić information content (AvgIpc) is 2.34. The third-order valence-electron chi connectivity index (χ3n) is 3.28.